The van der Waals surface area contributed by atoms with Crippen LogP contribution in [0.15, 0.2) is 53.5 Å². The van der Waals surface area contributed by atoms with Crippen LogP contribution in [0.5, 0.6) is 0 Å². The number of hydroxylamine groups is 2. The summed E-state index contributed by atoms with van der Waals surface area (Å²) in [6.07, 6.45) is -3.48. The van der Waals surface area contributed by atoms with Crippen molar-refractivity contribution in [3.8, 4) is 0 Å². The molecule has 3 aliphatic rings. The maximum atomic E-state index is 14.0. The average Bonchev–Trinajstić information content (AvgIpc) is 3.35. The SMILES string of the molecule is CN1CCN=C1N1CCC(CC[N+]2(OC(=O)C(F)(F)F)C(=O)CN(C(=O)c3ccc(Cl)cc3)Cc3ccccc32)CC1. The number of likely N-dealkylation sites (tertiary alicyclic amines) is 1. The monoisotopic (exact) mass is 606 g/mol. The Hall–Kier alpha value is -3.64. The second-order valence-electron chi connectivity index (χ2n) is 10.9. The summed E-state index contributed by atoms with van der Waals surface area (Å²) in [5, 5.41) is 0.424. The minimum Gasteiger partial charge on any atom is -0.344 e. The van der Waals surface area contributed by atoms with Gasteiger partial charge in [0.1, 0.15) is 13.1 Å². The fourth-order valence-corrected chi connectivity index (χ4v) is 5.95. The van der Waals surface area contributed by atoms with Gasteiger partial charge in [0.2, 0.25) is 0 Å². The first-order chi connectivity index (χ1) is 20.0. The molecule has 42 heavy (non-hydrogen) atoms. The number of rotatable bonds is 5. The Morgan fingerprint density at radius 3 is 2.38 bits per heavy atom. The quantitative estimate of drug-likeness (QED) is 0.474. The number of nitrogens with zero attached hydrogens (tertiary/aromatic N) is 5. The van der Waals surface area contributed by atoms with Crippen molar-refractivity contribution in [1.29, 1.82) is 0 Å². The van der Waals surface area contributed by atoms with Gasteiger partial charge in [-0.3, -0.25) is 14.6 Å². The highest BCUT2D eigenvalue weighted by atomic mass is 35.5. The number of para-hydroxylation sites is 1. The fraction of sp³-hybridized carbons (Fsp3) is 0.448. The number of amides is 2. The van der Waals surface area contributed by atoms with Gasteiger partial charge in [0.05, 0.1) is 13.1 Å². The second kappa shape index (κ2) is 11.9. The summed E-state index contributed by atoms with van der Waals surface area (Å²) in [5.41, 5.74) is 0.796. The third-order valence-corrected chi connectivity index (χ3v) is 8.35. The number of halogens is 4. The molecular formula is C29H32ClF3N5O4+. The molecule has 224 valence electrons. The lowest BCUT2D eigenvalue weighted by molar-refractivity contribution is -0.234. The number of piperidine rings is 1. The highest BCUT2D eigenvalue weighted by Gasteiger charge is 2.55. The van der Waals surface area contributed by atoms with E-state index in [9.17, 15) is 27.6 Å². The molecule has 2 amide bonds. The van der Waals surface area contributed by atoms with Crippen LogP contribution >= 0.6 is 11.6 Å². The van der Waals surface area contributed by atoms with Gasteiger partial charge in [-0.05, 0) is 47.7 Å². The maximum Gasteiger partial charge on any atom is 0.497 e. The number of benzene rings is 2. The molecule has 1 unspecified atom stereocenters. The molecule has 0 saturated carbocycles. The van der Waals surface area contributed by atoms with Crippen LogP contribution in [-0.2, 0) is 21.0 Å². The lowest BCUT2D eigenvalue weighted by Gasteiger charge is -2.37. The zero-order chi connectivity index (χ0) is 30.1. The molecule has 3 heterocycles. The highest BCUT2D eigenvalue weighted by molar-refractivity contribution is 6.30. The van der Waals surface area contributed by atoms with Gasteiger partial charge in [0.25, 0.3) is 5.91 Å². The molecule has 0 aromatic heterocycles. The topological polar surface area (TPSA) is 82.5 Å². The Balaban J connectivity index is 1.42. The van der Waals surface area contributed by atoms with Crippen molar-refractivity contribution in [3.05, 3.63) is 64.7 Å². The Morgan fingerprint density at radius 2 is 1.74 bits per heavy atom. The van der Waals surface area contributed by atoms with Crippen molar-refractivity contribution in [1.82, 2.24) is 19.3 Å². The number of aliphatic imine (C=N–C) groups is 1. The van der Waals surface area contributed by atoms with E-state index in [2.05, 4.69) is 14.8 Å². The summed E-state index contributed by atoms with van der Waals surface area (Å²) in [7, 11) is 1.99. The summed E-state index contributed by atoms with van der Waals surface area (Å²) < 4.78 is 39.4. The first kappa shape index (κ1) is 29.8. The first-order valence-electron chi connectivity index (χ1n) is 13.8. The summed E-state index contributed by atoms with van der Waals surface area (Å²) in [4.78, 5) is 55.0. The highest BCUT2D eigenvalue weighted by Crippen LogP contribution is 2.37. The zero-order valence-corrected chi connectivity index (χ0v) is 23.9. The summed E-state index contributed by atoms with van der Waals surface area (Å²) in [6.45, 7) is 2.27. The molecule has 0 N–H and O–H groups in total. The smallest absolute Gasteiger partial charge is 0.344 e. The zero-order valence-electron chi connectivity index (χ0n) is 23.1. The van der Waals surface area contributed by atoms with Crippen molar-refractivity contribution in [2.75, 3.05) is 46.3 Å². The average molecular weight is 607 g/mol. The fourth-order valence-electron chi connectivity index (χ4n) is 5.82. The third-order valence-electron chi connectivity index (χ3n) is 8.10. The van der Waals surface area contributed by atoms with Crippen LogP contribution < -0.4 is 4.65 Å². The number of likely N-dealkylation sites (N-methyl/N-ethyl adjacent to an activating group) is 1. The molecule has 1 fully saturated rings. The number of alkyl halides is 3. The Labute approximate surface area is 246 Å². The van der Waals surface area contributed by atoms with Gasteiger partial charge < -0.3 is 14.7 Å². The van der Waals surface area contributed by atoms with Crippen LogP contribution in [0.4, 0.5) is 18.9 Å². The number of carbonyl (C=O) groups excluding carboxylic acids is 3. The van der Waals surface area contributed by atoms with Gasteiger partial charge in [0.15, 0.2) is 11.6 Å². The van der Waals surface area contributed by atoms with E-state index in [1.807, 2.05) is 7.05 Å². The molecule has 1 atom stereocenters. The van der Waals surface area contributed by atoms with E-state index in [0.717, 1.165) is 45.0 Å². The Morgan fingerprint density at radius 1 is 1.05 bits per heavy atom. The predicted octanol–water partition coefficient (Wildman–Crippen LogP) is 4.25. The molecule has 2 aromatic rings. The molecule has 9 nitrogen and oxygen atoms in total. The molecule has 1 saturated heterocycles. The van der Waals surface area contributed by atoms with Crippen LogP contribution in [0, 0.1) is 5.92 Å². The molecule has 0 spiro atoms. The number of fused-ring (bicyclic) bond motifs is 1. The minimum absolute atomic E-state index is 0.0546. The molecule has 0 radical (unpaired) electrons. The van der Waals surface area contributed by atoms with Gasteiger partial charge in [-0.1, -0.05) is 29.8 Å². The first-order valence-corrected chi connectivity index (χ1v) is 14.2. The van der Waals surface area contributed by atoms with E-state index in [4.69, 9.17) is 16.4 Å². The van der Waals surface area contributed by atoms with Gasteiger partial charge in [-0.25, -0.2) is 9.59 Å². The summed E-state index contributed by atoms with van der Waals surface area (Å²) in [5.74, 6) is -2.76. The molecular weight excluding hydrogens is 575 g/mol. The van der Waals surface area contributed by atoms with E-state index < -0.39 is 35.2 Å². The molecule has 3 aliphatic heterocycles. The molecule has 5 rings (SSSR count). The Bertz CT molecular complexity index is 1380. The largest absolute Gasteiger partial charge is 0.497 e. The summed E-state index contributed by atoms with van der Waals surface area (Å²) >= 11 is 5.95. The number of quaternary nitrogens is 1. The van der Waals surface area contributed by atoms with E-state index in [-0.39, 0.29) is 30.3 Å². The van der Waals surface area contributed by atoms with Crippen molar-refractivity contribution in [3.63, 3.8) is 0 Å². The molecule has 13 heteroatoms. The van der Waals surface area contributed by atoms with E-state index in [0.29, 0.717) is 17.0 Å². The number of carbonyl (C=O) groups is 3. The van der Waals surface area contributed by atoms with Crippen molar-refractivity contribution < 1.29 is 32.4 Å². The van der Waals surface area contributed by atoms with Gasteiger partial charge in [0, 0.05) is 55.3 Å². The van der Waals surface area contributed by atoms with Gasteiger partial charge in [-0.2, -0.15) is 13.2 Å². The maximum absolute atomic E-state index is 14.0. The van der Waals surface area contributed by atoms with Gasteiger partial charge >= 0.3 is 18.1 Å². The van der Waals surface area contributed by atoms with Crippen molar-refractivity contribution >= 4 is 41.0 Å². The predicted molar refractivity (Wildman–Crippen MR) is 150 cm³/mol. The van der Waals surface area contributed by atoms with E-state index >= 15 is 0 Å². The lowest BCUT2D eigenvalue weighted by atomic mass is 9.93. The van der Waals surface area contributed by atoms with Crippen molar-refractivity contribution in [2.24, 2.45) is 10.9 Å². The van der Waals surface area contributed by atoms with Crippen LogP contribution in [-0.4, -0.2) is 90.9 Å². The summed E-state index contributed by atoms with van der Waals surface area (Å²) in [6, 6.07) is 12.5. The van der Waals surface area contributed by atoms with E-state index in [1.165, 1.54) is 35.2 Å². The lowest BCUT2D eigenvalue weighted by Crippen LogP contribution is -2.60. The van der Waals surface area contributed by atoms with Crippen molar-refractivity contribution in [2.45, 2.75) is 32.0 Å². The third kappa shape index (κ3) is 6.10. The molecule has 0 aliphatic carbocycles. The standard InChI is InChI=1S/C29H32ClF3N5O4/c1-35-16-13-34-28(35)36-14-10-20(11-15-36)12-17-38(42-27(41)29(31,32)33)24-5-3-2-4-22(24)18-37(19-25(38)39)26(40)21-6-8-23(30)9-7-21/h2-9,20H,10-19H2,1H3/q+1. The normalized spacial score (nSPS) is 21.6. The minimum atomic E-state index is -5.31. The molecule has 2 aromatic carbocycles. The number of hydrogen-bond donors (Lipinski definition) is 0. The number of hydrogen-bond acceptors (Lipinski definition) is 7. The molecule has 0 bridgehead atoms. The number of guanidine groups is 1. The van der Waals surface area contributed by atoms with Crippen LogP contribution in [0.1, 0.15) is 35.2 Å². The Kier molecular flexibility index (Phi) is 8.47. The van der Waals surface area contributed by atoms with Crippen LogP contribution in [0.3, 0.4) is 0 Å². The van der Waals surface area contributed by atoms with E-state index in [1.54, 1.807) is 18.2 Å². The van der Waals surface area contributed by atoms with Crippen LogP contribution in [0.2, 0.25) is 5.02 Å². The second-order valence-corrected chi connectivity index (χ2v) is 11.3. The van der Waals surface area contributed by atoms with Crippen LogP contribution in [0.25, 0.3) is 0 Å². The van der Waals surface area contributed by atoms with Gasteiger partial charge in [-0.15, -0.1) is 0 Å².